The Morgan fingerprint density at radius 3 is 2.59 bits per heavy atom. The van der Waals surface area contributed by atoms with Crippen LogP contribution in [-0.2, 0) is 4.74 Å². The first-order valence-electron chi connectivity index (χ1n) is 4.69. The quantitative estimate of drug-likeness (QED) is 0.509. The van der Waals surface area contributed by atoms with Gasteiger partial charge in [0.2, 0.25) is 0 Å². The van der Waals surface area contributed by atoms with Gasteiger partial charge in [-0.15, -0.1) is 17.0 Å². The molecule has 0 fully saturated rings. The molecule has 0 aliphatic heterocycles. The highest BCUT2D eigenvalue weighted by molar-refractivity contribution is 9.18. The van der Waals surface area contributed by atoms with E-state index in [4.69, 9.17) is 0 Å². The number of methoxy groups -OCH3 is 1. The van der Waals surface area contributed by atoms with E-state index in [9.17, 15) is 4.79 Å². The molecule has 0 aliphatic carbocycles. The molecule has 0 atom stereocenters. The van der Waals surface area contributed by atoms with Crippen molar-refractivity contribution < 1.29 is 9.53 Å². The molecule has 0 radical (unpaired) electrons. The molecule has 0 aromatic heterocycles. The monoisotopic (exact) mass is 364 g/mol. The van der Waals surface area contributed by atoms with Crippen molar-refractivity contribution in [3.05, 3.63) is 34.9 Å². The van der Waals surface area contributed by atoms with Crippen LogP contribution in [0.2, 0.25) is 0 Å². The normalized spacial score (nSPS) is 10.5. The van der Waals surface area contributed by atoms with Crippen LogP contribution < -0.4 is 5.43 Å². The van der Waals surface area contributed by atoms with E-state index >= 15 is 0 Å². The molecular formula is C11H14Br2N2O2. The fourth-order valence-electron chi connectivity index (χ4n) is 1.29. The Kier molecular flexibility index (Phi) is 7.06. The maximum absolute atomic E-state index is 11.4. The largest absolute Gasteiger partial charge is 0.465 e. The van der Waals surface area contributed by atoms with E-state index in [0.717, 1.165) is 11.1 Å². The average molecular weight is 366 g/mol. The molecule has 0 unspecified atom stereocenters. The lowest BCUT2D eigenvalue weighted by atomic mass is 10.1. The van der Waals surface area contributed by atoms with Crippen molar-refractivity contribution in [2.24, 2.45) is 5.10 Å². The van der Waals surface area contributed by atoms with Crippen molar-refractivity contribution in [2.45, 2.75) is 6.92 Å². The number of halogens is 2. The number of carbonyl (C=O) groups excluding carboxylic acids is 1. The van der Waals surface area contributed by atoms with Crippen LogP contribution in [0.25, 0.3) is 0 Å². The van der Waals surface area contributed by atoms with Crippen molar-refractivity contribution in [2.75, 3.05) is 14.2 Å². The lowest BCUT2D eigenvalue weighted by Crippen LogP contribution is -2.06. The maximum atomic E-state index is 11.4. The van der Waals surface area contributed by atoms with E-state index in [1.54, 1.807) is 13.1 Å². The van der Waals surface area contributed by atoms with Crippen LogP contribution in [0, 0.1) is 6.92 Å². The Bertz CT molecular complexity index is 433. The summed E-state index contributed by atoms with van der Waals surface area (Å²) < 4.78 is 5.36. The number of ether oxygens (including phenoxy) is 1. The van der Waals surface area contributed by atoms with E-state index < -0.39 is 0 Å². The van der Waals surface area contributed by atoms with Gasteiger partial charge in [0.15, 0.2) is 0 Å². The van der Waals surface area contributed by atoms with Crippen LogP contribution in [0.1, 0.15) is 21.5 Å². The highest BCUT2D eigenvalue weighted by Crippen LogP contribution is 2.15. The number of hydrazone groups is 1. The maximum Gasteiger partial charge on any atom is 0.338 e. The average Bonchev–Trinajstić information content (AvgIpc) is 2.28. The first-order chi connectivity index (χ1) is 7.60. The molecule has 0 bridgehead atoms. The van der Waals surface area contributed by atoms with Gasteiger partial charge in [0.1, 0.15) is 4.62 Å². The lowest BCUT2D eigenvalue weighted by molar-refractivity contribution is 0.0600. The van der Waals surface area contributed by atoms with Gasteiger partial charge in [-0.05, 0) is 40.5 Å². The van der Waals surface area contributed by atoms with Crippen LogP contribution in [-0.4, -0.2) is 24.7 Å². The van der Waals surface area contributed by atoms with E-state index in [-0.39, 0.29) is 23.0 Å². The first kappa shape index (κ1) is 16.1. The lowest BCUT2D eigenvalue weighted by Gasteiger charge is -2.06. The molecule has 4 nitrogen and oxygen atoms in total. The number of benzene rings is 1. The van der Waals surface area contributed by atoms with Gasteiger partial charge in [-0.2, -0.15) is 5.10 Å². The summed E-state index contributed by atoms with van der Waals surface area (Å²) in [6.07, 6.45) is 0. The minimum Gasteiger partial charge on any atom is -0.465 e. The summed E-state index contributed by atoms with van der Waals surface area (Å²) in [4.78, 5) is 11.4. The highest BCUT2D eigenvalue weighted by Gasteiger charge is 2.10. The summed E-state index contributed by atoms with van der Waals surface area (Å²) in [5, 5.41) is 4.00. The van der Waals surface area contributed by atoms with Crippen molar-refractivity contribution in [3.63, 3.8) is 0 Å². The smallest absolute Gasteiger partial charge is 0.338 e. The van der Waals surface area contributed by atoms with Gasteiger partial charge >= 0.3 is 5.97 Å². The number of esters is 1. The Balaban J connectivity index is 0.00000256. The number of carbonyl (C=O) groups is 1. The van der Waals surface area contributed by atoms with Gasteiger partial charge in [-0.3, -0.25) is 0 Å². The summed E-state index contributed by atoms with van der Waals surface area (Å²) in [7, 11) is 3.09. The molecule has 0 aliphatic rings. The third kappa shape index (κ3) is 4.12. The van der Waals surface area contributed by atoms with Crippen molar-refractivity contribution in [1.82, 2.24) is 5.43 Å². The minimum atomic E-state index is -0.328. The van der Waals surface area contributed by atoms with Gasteiger partial charge in [0.25, 0.3) is 0 Å². The van der Waals surface area contributed by atoms with E-state index in [0.29, 0.717) is 10.2 Å². The summed E-state index contributed by atoms with van der Waals surface area (Å²) in [6.45, 7) is 1.86. The Morgan fingerprint density at radius 1 is 1.47 bits per heavy atom. The number of nitrogens with zero attached hydrogens (tertiary/aromatic N) is 1. The number of hydrogen-bond donors (Lipinski definition) is 1. The fourth-order valence-corrected chi connectivity index (χ4v) is 1.72. The molecule has 0 spiro atoms. The SMILES string of the molecule is Br.CNN=C(Br)c1ccc(C(=O)OC)c(C)c1. The Hall–Kier alpha value is -0.880. The Morgan fingerprint density at radius 2 is 2.12 bits per heavy atom. The van der Waals surface area contributed by atoms with Gasteiger partial charge in [-0.1, -0.05) is 6.07 Å². The third-order valence-electron chi connectivity index (χ3n) is 2.08. The molecule has 0 heterocycles. The van der Waals surface area contributed by atoms with E-state index in [1.807, 2.05) is 19.1 Å². The zero-order chi connectivity index (χ0) is 12.1. The minimum absolute atomic E-state index is 0. The van der Waals surface area contributed by atoms with Crippen molar-refractivity contribution >= 4 is 43.5 Å². The van der Waals surface area contributed by atoms with Gasteiger partial charge in [-0.25, -0.2) is 4.79 Å². The zero-order valence-corrected chi connectivity index (χ0v) is 13.1. The van der Waals surface area contributed by atoms with Crippen LogP contribution in [0.3, 0.4) is 0 Å². The molecular weight excluding hydrogens is 352 g/mol. The van der Waals surface area contributed by atoms with Gasteiger partial charge < -0.3 is 10.2 Å². The molecule has 0 saturated heterocycles. The van der Waals surface area contributed by atoms with Crippen molar-refractivity contribution in [1.29, 1.82) is 0 Å². The second-order valence-electron chi connectivity index (χ2n) is 3.15. The molecule has 1 rings (SSSR count). The van der Waals surface area contributed by atoms with E-state index in [2.05, 4.69) is 31.2 Å². The number of nitrogens with one attached hydrogen (secondary N) is 1. The molecule has 0 saturated carbocycles. The zero-order valence-electron chi connectivity index (χ0n) is 9.78. The highest BCUT2D eigenvalue weighted by atomic mass is 79.9. The summed E-state index contributed by atoms with van der Waals surface area (Å²) in [6, 6.07) is 5.41. The number of aryl methyl sites for hydroxylation is 1. The number of rotatable bonds is 3. The Labute approximate surface area is 119 Å². The fraction of sp³-hybridized carbons (Fsp3) is 0.273. The molecule has 94 valence electrons. The van der Waals surface area contributed by atoms with Crippen molar-refractivity contribution in [3.8, 4) is 0 Å². The van der Waals surface area contributed by atoms with Gasteiger partial charge in [0, 0.05) is 12.6 Å². The standard InChI is InChI=1S/C11H13BrN2O2.BrH/c1-7-6-8(10(12)14-13-2)4-5-9(7)11(15)16-3;/h4-6,13H,1-3H3;1H. The first-order valence-corrected chi connectivity index (χ1v) is 5.48. The molecule has 1 aromatic rings. The molecule has 6 heteroatoms. The number of hydrogen-bond acceptors (Lipinski definition) is 4. The molecule has 17 heavy (non-hydrogen) atoms. The van der Waals surface area contributed by atoms with Crippen LogP contribution in [0.4, 0.5) is 0 Å². The third-order valence-corrected chi connectivity index (χ3v) is 2.72. The summed E-state index contributed by atoms with van der Waals surface area (Å²) in [5.41, 5.74) is 5.01. The predicted molar refractivity (Wildman–Crippen MR) is 77.4 cm³/mol. The molecule has 0 amide bonds. The molecule has 1 N–H and O–H groups in total. The summed E-state index contributed by atoms with van der Waals surface area (Å²) in [5.74, 6) is -0.328. The predicted octanol–water partition coefficient (Wildman–Crippen LogP) is 2.64. The van der Waals surface area contributed by atoms with E-state index in [1.165, 1.54) is 7.11 Å². The second kappa shape index (κ2) is 7.45. The van der Waals surface area contributed by atoms with Crippen LogP contribution in [0.15, 0.2) is 23.3 Å². The summed E-state index contributed by atoms with van der Waals surface area (Å²) >= 11 is 3.33. The van der Waals surface area contributed by atoms with Crippen LogP contribution in [0.5, 0.6) is 0 Å². The second-order valence-corrected chi connectivity index (χ2v) is 3.90. The molecule has 1 aromatic carbocycles. The van der Waals surface area contributed by atoms with Gasteiger partial charge in [0.05, 0.1) is 12.7 Å². The topological polar surface area (TPSA) is 50.7 Å². The van der Waals surface area contributed by atoms with Crippen LogP contribution >= 0.6 is 32.9 Å².